The average molecular weight is 434 g/mol. The minimum atomic E-state index is -0.0891. The first-order valence-corrected chi connectivity index (χ1v) is 11.0. The Morgan fingerprint density at radius 3 is 2.58 bits per heavy atom. The van der Waals surface area contributed by atoms with Crippen molar-refractivity contribution in [3.8, 4) is 11.5 Å². The number of hydrogen-bond donors (Lipinski definition) is 2. The third kappa shape index (κ3) is 3.38. The van der Waals surface area contributed by atoms with E-state index in [4.69, 9.17) is 4.74 Å². The molecule has 4 aromatic carbocycles. The molecule has 0 unspecified atom stereocenters. The second-order valence-electron chi connectivity index (χ2n) is 8.35. The molecular formula is C28H22N2O3. The lowest BCUT2D eigenvalue weighted by molar-refractivity contribution is 0.0985. The number of phenolic OH excluding ortho intramolecular Hbond substituents is 1. The summed E-state index contributed by atoms with van der Waals surface area (Å²) in [4.78, 5) is 18.5. The summed E-state index contributed by atoms with van der Waals surface area (Å²) in [5.74, 6) is 0.863. The maximum Gasteiger partial charge on any atom is 0.274 e. The number of aromatic hydroxyl groups is 1. The van der Waals surface area contributed by atoms with E-state index in [-0.39, 0.29) is 11.7 Å². The molecule has 0 saturated heterocycles. The molecule has 0 atom stereocenters. The molecule has 5 nitrogen and oxygen atoms in total. The molecule has 0 radical (unpaired) electrons. The zero-order chi connectivity index (χ0) is 22.4. The van der Waals surface area contributed by atoms with Crippen LogP contribution in [0.4, 0.5) is 5.69 Å². The summed E-state index contributed by atoms with van der Waals surface area (Å²) in [5.41, 5.74) is 4.48. The maximum atomic E-state index is 13.5. The Morgan fingerprint density at radius 1 is 0.939 bits per heavy atom. The number of phenols is 1. The van der Waals surface area contributed by atoms with Crippen LogP contribution in [0.1, 0.15) is 21.6 Å². The highest BCUT2D eigenvalue weighted by Gasteiger charge is 2.29. The highest BCUT2D eigenvalue weighted by atomic mass is 16.5. The minimum Gasteiger partial charge on any atom is -0.508 e. The van der Waals surface area contributed by atoms with Gasteiger partial charge in [-0.25, -0.2) is 0 Å². The van der Waals surface area contributed by atoms with Gasteiger partial charge in [0.1, 0.15) is 23.8 Å². The largest absolute Gasteiger partial charge is 0.508 e. The SMILES string of the molecule is O=C(c1cc2cc(O)ccc2[nH]1)N1CCc2c1cc(OCc1ccccc1)c1ccccc21. The second-order valence-corrected chi connectivity index (χ2v) is 8.35. The summed E-state index contributed by atoms with van der Waals surface area (Å²) < 4.78 is 6.25. The lowest BCUT2D eigenvalue weighted by Crippen LogP contribution is -2.29. The molecule has 0 saturated carbocycles. The maximum absolute atomic E-state index is 13.5. The first kappa shape index (κ1) is 19.4. The quantitative estimate of drug-likeness (QED) is 0.375. The lowest BCUT2D eigenvalue weighted by atomic mass is 10.0. The van der Waals surface area contributed by atoms with Crippen molar-refractivity contribution in [1.82, 2.24) is 4.98 Å². The van der Waals surface area contributed by atoms with Crippen LogP contribution in [0, 0.1) is 0 Å². The monoisotopic (exact) mass is 434 g/mol. The smallest absolute Gasteiger partial charge is 0.274 e. The van der Waals surface area contributed by atoms with E-state index in [0.29, 0.717) is 18.8 Å². The first-order valence-electron chi connectivity index (χ1n) is 11.0. The molecule has 162 valence electrons. The van der Waals surface area contributed by atoms with Crippen molar-refractivity contribution in [2.75, 3.05) is 11.4 Å². The van der Waals surface area contributed by atoms with Gasteiger partial charge in [-0.1, -0.05) is 54.6 Å². The average Bonchev–Trinajstić information content (AvgIpc) is 3.47. The number of carbonyl (C=O) groups is 1. The van der Waals surface area contributed by atoms with Crippen LogP contribution in [0.25, 0.3) is 21.7 Å². The van der Waals surface area contributed by atoms with Crippen molar-refractivity contribution >= 4 is 33.3 Å². The number of benzene rings is 4. The molecule has 2 heterocycles. The van der Waals surface area contributed by atoms with E-state index < -0.39 is 0 Å². The molecule has 1 aliphatic heterocycles. The molecule has 1 amide bonds. The number of aromatic nitrogens is 1. The van der Waals surface area contributed by atoms with Gasteiger partial charge in [0.15, 0.2) is 0 Å². The number of anilines is 1. The fraction of sp³-hybridized carbons (Fsp3) is 0.107. The molecular weight excluding hydrogens is 412 g/mol. The number of aromatic amines is 1. The Hall–Kier alpha value is -4.25. The van der Waals surface area contributed by atoms with Gasteiger partial charge in [0.2, 0.25) is 0 Å². The number of amides is 1. The van der Waals surface area contributed by atoms with Gasteiger partial charge in [-0.15, -0.1) is 0 Å². The summed E-state index contributed by atoms with van der Waals surface area (Å²) in [5, 5.41) is 12.7. The number of rotatable bonds is 4. The van der Waals surface area contributed by atoms with E-state index in [2.05, 4.69) is 17.1 Å². The van der Waals surface area contributed by atoms with Crippen molar-refractivity contribution in [1.29, 1.82) is 0 Å². The van der Waals surface area contributed by atoms with Crippen LogP contribution < -0.4 is 9.64 Å². The van der Waals surface area contributed by atoms with Gasteiger partial charge in [-0.3, -0.25) is 4.79 Å². The van der Waals surface area contributed by atoms with Crippen LogP contribution >= 0.6 is 0 Å². The Balaban J connectivity index is 1.39. The number of fused-ring (bicyclic) bond motifs is 4. The number of ether oxygens (including phenoxy) is 1. The third-order valence-corrected chi connectivity index (χ3v) is 6.29. The van der Waals surface area contributed by atoms with Crippen LogP contribution in [-0.4, -0.2) is 22.5 Å². The van der Waals surface area contributed by atoms with Crippen molar-refractivity contribution in [3.63, 3.8) is 0 Å². The number of H-pyrrole nitrogens is 1. The van der Waals surface area contributed by atoms with Crippen LogP contribution in [0.15, 0.2) is 84.9 Å². The van der Waals surface area contributed by atoms with Gasteiger partial charge in [-0.2, -0.15) is 0 Å². The van der Waals surface area contributed by atoms with E-state index >= 15 is 0 Å². The topological polar surface area (TPSA) is 65.6 Å². The molecule has 5 aromatic rings. The summed E-state index contributed by atoms with van der Waals surface area (Å²) in [6.45, 7) is 1.07. The normalized spacial score (nSPS) is 12.9. The Bertz CT molecular complexity index is 1500. The molecule has 6 rings (SSSR count). The fourth-order valence-corrected chi connectivity index (χ4v) is 4.68. The minimum absolute atomic E-state index is 0.0891. The zero-order valence-electron chi connectivity index (χ0n) is 17.9. The van der Waals surface area contributed by atoms with Gasteiger partial charge in [0, 0.05) is 28.9 Å². The Morgan fingerprint density at radius 2 is 1.73 bits per heavy atom. The zero-order valence-corrected chi connectivity index (χ0v) is 17.9. The van der Waals surface area contributed by atoms with Crippen LogP contribution in [0.2, 0.25) is 0 Å². The molecule has 5 heteroatoms. The summed E-state index contributed by atoms with van der Waals surface area (Å²) in [6.07, 6.45) is 0.793. The first-order chi connectivity index (χ1) is 16.2. The van der Waals surface area contributed by atoms with Gasteiger partial charge in [-0.05, 0) is 47.2 Å². The summed E-state index contributed by atoms with van der Waals surface area (Å²) >= 11 is 0. The van der Waals surface area contributed by atoms with E-state index in [9.17, 15) is 9.90 Å². The summed E-state index contributed by atoms with van der Waals surface area (Å²) in [7, 11) is 0. The van der Waals surface area contributed by atoms with Gasteiger partial charge >= 0.3 is 0 Å². The third-order valence-electron chi connectivity index (χ3n) is 6.29. The molecule has 2 N–H and O–H groups in total. The van der Waals surface area contributed by atoms with E-state index in [1.54, 1.807) is 24.3 Å². The molecule has 0 fully saturated rings. The van der Waals surface area contributed by atoms with E-state index in [1.165, 1.54) is 5.56 Å². The van der Waals surface area contributed by atoms with E-state index in [1.807, 2.05) is 53.4 Å². The van der Waals surface area contributed by atoms with Crippen LogP contribution in [0.3, 0.4) is 0 Å². The highest BCUT2D eigenvalue weighted by molar-refractivity contribution is 6.11. The molecule has 0 spiro atoms. The van der Waals surface area contributed by atoms with Crippen molar-refractivity contribution in [2.24, 2.45) is 0 Å². The fourth-order valence-electron chi connectivity index (χ4n) is 4.68. The van der Waals surface area contributed by atoms with Crippen molar-refractivity contribution in [2.45, 2.75) is 13.0 Å². The standard InChI is InChI=1S/C28H22N2O3/c31-20-10-11-24-19(14-20)15-25(29-24)28(32)30-13-12-22-21-8-4-5-9-23(21)27(16-26(22)30)33-17-18-6-2-1-3-7-18/h1-11,14-16,29,31H,12-13,17H2. The van der Waals surface area contributed by atoms with Gasteiger partial charge in [0.25, 0.3) is 5.91 Å². The highest BCUT2D eigenvalue weighted by Crippen LogP contribution is 2.41. The van der Waals surface area contributed by atoms with Gasteiger partial charge in [0.05, 0.1) is 5.69 Å². The Kier molecular flexibility index (Phi) is 4.54. The molecule has 0 bridgehead atoms. The number of hydrogen-bond acceptors (Lipinski definition) is 3. The number of nitrogens with one attached hydrogen (secondary N) is 1. The predicted molar refractivity (Wildman–Crippen MR) is 130 cm³/mol. The van der Waals surface area contributed by atoms with Crippen LogP contribution in [-0.2, 0) is 13.0 Å². The number of carbonyl (C=O) groups excluding carboxylic acids is 1. The van der Waals surface area contributed by atoms with E-state index in [0.717, 1.165) is 45.1 Å². The van der Waals surface area contributed by atoms with Crippen LogP contribution in [0.5, 0.6) is 11.5 Å². The predicted octanol–water partition coefficient (Wildman–Crippen LogP) is 5.81. The molecule has 0 aliphatic carbocycles. The second kappa shape index (κ2) is 7.71. The van der Waals surface area contributed by atoms with Gasteiger partial charge < -0.3 is 19.7 Å². The molecule has 1 aliphatic rings. The van der Waals surface area contributed by atoms with Crippen molar-refractivity contribution < 1.29 is 14.6 Å². The summed E-state index contributed by atoms with van der Waals surface area (Å²) in [6, 6.07) is 27.1. The lowest BCUT2D eigenvalue weighted by Gasteiger charge is -2.19. The Labute approximate surface area is 190 Å². The number of nitrogens with zero attached hydrogens (tertiary/aromatic N) is 1. The molecule has 1 aromatic heterocycles. The van der Waals surface area contributed by atoms with Crippen molar-refractivity contribution in [3.05, 3.63) is 102 Å². The molecule has 33 heavy (non-hydrogen) atoms.